The van der Waals surface area contributed by atoms with E-state index < -0.39 is 0 Å². The quantitative estimate of drug-likeness (QED) is 0.425. The van der Waals surface area contributed by atoms with E-state index in [1.165, 1.54) is 17.3 Å². The lowest BCUT2D eigenvalue weighted by Gasteiger charge is -2.01. The van der Waals surface area contributed by atoms with E-state index in [0.29, 0.717) is 5.75 Å². The molecule has 1 aromatic heterocycles. The third-order valence-electron chi connectivity index (χ3n) is 3.43. The van der Waals surface area contributed by atoms with Crippen LogP contribution in [0.3, 0.4) is 0 Å². The number of benzene rings is 2. The predicted octanol–water partition coefficient (Wildman–Crippen LogP) is 4.16. The van der Waals surface area contributed by atoms with Crippen LogP contribution in [0.1, 0.15) is 16.7 Å². The first-order valence-corrected chi connectivity index (χ1v) is 9.29. The number of carbonyl (C=O) groups is 1. The minimum absolute atomic E-state index is 0.138. The molecule has 0 spiro atoms. The second-order valence-electron chi connectivity index (χ2n) is 5.39. The van der Waals surface area contributed by atoms with Crippen molar-refractivity contribution in [1.82, 2.24) is 10.4 Å². The maximum Gasteiger partial charge on any atom is 0.250 e. The van der Waals surface area contributed by atoms with Crippen LogP contribution in [0, 0.1) is 13.8 Å². The van der Waals surface area contributed by atoms with E-state index in [1.807, 2.05) is 50.2 Å². The number of thiazole rings is 1. The standard InChI is InChI=1S/C18H17N3OS2/c1-12-7-8-13(2)14(9-12)10-19-21-17(22)11-23-18-20-15-5-3-4-6-16(15)24-18/h3-10H,11H2,1-2H3,(H,21,22)/b19-10+. The van der Waals surface area contributed by atoms with Gasteiger partial charge in [0.15, 0.2) is 4.34 Å². The molecule has 0 aliphatic carbocycles. The summed E-state index contributed by atoms with van der Waals surface area (Å²) in [5, 5.41) is 4.04. The molecule has 24 heavy (non-hydrogen) atoms. The van der Waals surface area contributed by atoms with Crippen LogP contribution in [-0.2, 0) is 4.79 Å². The zero-order chi connectivity index (χ0) is 16.9. The molecule has 3 rings (SSSR count). The van der Waals surface area contributed by atoms with Crippen molar-refractivity contribution in [2.45, 2.75) is 18.2 Å². The van der Waals surface area contributed by atoms with Crippen LogP contribution in [-0.4, -0.2) is 22.9 Å². The molecule has 1 heterocycles. The Kier molecular flexibility index (Phi) is 5.27. The summed E-state index contributed by atoms with van der Waals surface area (Å²) in [5.41, 5.74) is 6.84. The Morgan fingerprint density at radius 3 is 2.96 bits per heavy atom. The van der Waals surface area contributed by atoms with Crippen LogP contribution >= 0.6 is 23.1 Å². The van der Waals surface area contributed by atoms with Crippen molar-refractivity contribution < 1.29 is 4.79 Å². The Balaban J connectivity index is 1.54. The van der Waals surface area contributed by atoms with E-state index in [4.69, 9.17) is 0 Å². The molecule has 6 heteroatoms. The van der Waals surface area contributed by atoms with Crippen molar-refractivity contribution >= 4 is 45.4 Å². The summed E-state index contributed by atoms with van der Waals surface area (Å²) in [5.74, 6) is 0.157. The summed E-state index contributed by atoms with van der Waals surface area (Å²) in [6, 6.07) is 14.1. The van der Waals surface area contributed by atoms with E-state index in [0.717, 1.165) is 25.7 Å². The lowest BCUT2D eigenvalue weighted by atomic mass is 10.1. The van der Waals surface area contributed by atoms with Crippen LogP contribution < -0.4 is 5.43 Å². The Morgan fingerprint density at radius 1 is 1.29 bits per heavy atom. The van der Waals surface area contributed by atoms with Crippen molar-refractivity contribution in [2.24, 2.45) is 5.10 Å². The Bertz CT molecular complexity index is 869. The molecule has 1 amide bonds. The number of hydrogen-bond acceptors (Lipinski definition) is 5. The third kappa shape index (κ3) is 4.21. The van der Waals surface area contributed by atoms with E-state index in [-0.39, 0.29) is 5.91 Å². The Morgan fingerprint density at radius 2 is 2.12 bits per heavy atom. The third-order valence-corrected chi connectivity index (χ3v) is 5.61. The topological polar surface area (TPSA) is 54.4 Å². The monoisotopic (exact) mass is 355 g/mol. The van der Waals surface area contributed by atoms with Gasteiger partial charge < -0.3 is 0 Å². The molecule has 0 atom stereocenters. The molecular weight excluding hydrogens is 338 g/mol. The fourth-order valence-corrected chi connectivity index (χ4v) is 4.01. The second-order valence-corrected chi connectivity index (χ2v) is 7.64. The van der Waals surface area contributed by atoms with Crippen molar-refractivity contribution in [2.75, 3.05) is 5.75 Å². The zero-order valence-corrected chi connectivity index (χ0v) is 15.1. The molecule has 0 unspecified atom stereocenters. The van der Waals surface area contributed by atoms with Crippen LogP contribution in [0.2, 0.25) is 0 Å². The van der Waals surface area contributed by atoms with Gasteiger partial charge in [-0.05, 0) is 37.1 Å². The number of fused-ring (bicyclic) bond motifs is 1. The van der Waals surface area contributed by atoms with Crippen LogP contribution in [0.15, 0.2) is 51.9 Å². The number of amides is 1. The lowest BCUT2D eigenvalue weighted by Crippen LogP contribution is -2.19. The predicted molar refractivity (Wildman–Crippen MR) is 102 cm³/mol. The number of carbonyl (C=O) groups excluding carboxylic acids is 1. The van der Waals surface area contributed by atoms with E-state index >= 15 is 0 Å². The number of para-hydroxylation sites is 1. The molecular formula is C18H17N3OS2. The first-order chi connectivity index (χ1) is 11.6. The number of nitrogens with one attached hydrogen (secondary N) is 1. The number of rotatable bonds is 5. The first kappa shape index (κ1) is 16.7. The molecule has 0 aliphatic heterocycles. The number of thioether (sulfide) groups is 1. The largest absolute Gasteiger partial charge is 0.272 e. The molecule has 1 N–H and O–H groups in total. The average molecular weight is 355 g/mol. The minimum Gasteiger partial charge on any atom is -0.272 e. The summed E-state index contributed by atoms with van der Waals surface area (Å²) in [4.78, 5) is 16.4. The molecule has 0 saturated heterocycles. The number of hydrogen-bond donors (Lipinski definition) is 1. The molecule has 2 aromatic carbocycles. The van der Waals surface area contributed by atoms with E-state index in [9.17, 15) is 4.79 Å². The van der Waals surface area contributed by atoms with Crippen LogP contribution in [0.5, 0.6) is 0 Å². The van der Waals surface area contributed by atoms with Gasteiger partial charge in [0.05, 0.1) is 22.2 Å². The molecule has 0 fully saturated rings. The maximum absolute atomic E-state index is 11.9. The normalized spacial score (nSPS) is 11.2. The highest BCUT2D eigenvalue weighted by Crippen LogP contribution is 2.28. The fraction of sp³-hybridized carbons (Fsp3) is 0.167. The van der Waals surface area contributed by atoms with Crippen molar-refractivity contribution in [3.63, 3.8) is 0 Å². The van der Waals surface area contributed by atoms with Crippen LogP contribution in [0.25, 0.3) is 10.2 Å². The summed E-state index contributed by atoms with van der Waals surface area (Å²) < 4.78 is 2.03. The van der Waals surface area contributed by atoms with Crippen LogP contribution in [0.4, 0.5) is 0 Å². The van der Waals surface area contributed by atoms with Gasteiger partial charge in [0.2, 0.25) is 0 Å². The SMILES string of the molecule is Cc1ccc(C)c(/C=N/NC(=O)CSc2nc3ccccc3s2)c1. The summed E-state index contributed by atoms with van der Waals surface area (Å²) >= 11 is 3.02. The van der Waals surface area contributed by atoms with Gasteiger partial charge in [-0.2, -0.15) is 5.10 Å². The van der Waals surface area contributed by atoms with Crippen molar-refractivity contribution in [3.8, 4) is 0 Å². The summed E-state index contributed by atoms with van der Waals surface area (Å²) in [7, 11) is 0. The highest BCUT2D eigenvalue weighted by atomic mass is 32.2. The highest BCUT2D eigenvalue weighted by Gasteiger charge is 2.07. The van der Waals surface area contributed by atoms with Gasteiger partial charge in [-0.1, -0.05) is 47.7 Å². The van der Waals surface area contributed by atoms with Gasteiger partial charge in [0.1, 0.15) is 0 Å². The number of aromatic nitrogens is 1. The van der Waals surface area contributed by atoms with Gasteiger partial charge in [-0.15, -0.1) is 11.3 Å². The fourth-order valence-electron chi connectivity index (χ4n) is 2.15. The molecule has 3 aromatic rings. The van der Waals surface area contributed by atoms with Crippen molar-refractivity contribution in [1.29, 1.82) is 0 Å². The minimum atomic E-state index is -0.138. The molecule has 0 aliphatic rings. The highest BCUT2D eigenvalue weighted by molar-refractivity contribution is 8.01. The maximum atomic E-state index is 11.9. The van der Waals surface area contributed by atoms with E-state index in [2.05, 4.69) is 21.6 Å². The smallest absolute Gasteiger partial charge is 0.250 e. The molecule has 0 saturated carbocycles. The molecule has 4 nitrogen and oxygen atoms in total. The molecule has 122 valence electrons. The van der Waals surface area contributed by atoms with Gasteiger partial charge in [0.25, 0.3) is 5.91 Å². The first-order valence-electron chi connectivity index (χ1n) is 7.49. The second kappa shape index (κ2) is 7.59. The number of hydrazone groups is 1. The van der Waals surface area contributed by atoms with Gasteiger partial charge in [-0.25, -0.2) is 10.4 Å². The summed E-state index contributed by atoms with van der Waals surface area (Å²) in [6.07, 6.45) is 1.68. The van der Waals surface area contributed by atoms with Gasteiger partial charge in [0, 0.05) is 0 Å². The van der Waals surface area contributed by atoms with Gasteiger partial charge in [-0.3, -0.25) is 4.79 Å². The Labute approximate surface area is 149 Å². The molecule has 0 radical (unpaired) electrons. The Hall–Kier alpha value is -2.18. The van der Waals surface area contributed by atoms with E-state index in [1.54, 1.807) is 17.6 Å². The molecule has 0 bridgehead atoms. The zero-order valence-electron chi connectivity index (χ0n) is 13.4. The number of aryl methyl sites for hydroxylation is 2. The van der Waals surface area contributed by atoms with Gasteiger partial charge >= 0.3 is 0 Å². The van der Waals surface area contributed by atoms with Crippen molar-refractivity contribution in [3.05, 3.63) is 59.2 Å². The number of nitrogens with zero attached hydrogens (tertiary/aromatic N) is 2. The lowest BCUT2D eigenvalue weighted by molar-refractivity contribution is -0.118. The summed E-state index contributed by atoms with van der Waals surface area (Å²) in [6.45, 7) is 4.05. The average Bonchev–Trinajstić information content (AvgIpc) is 2.99.